The lowest BCUT2D eigenvalue weighted by atomic mass is 9.87. The van der Waals surface area contributed by atoms with E-state index in [9.17, 15) is 0 Å². The molecule has 2 saturated carbocycles. The molecule has 2 N–H and O–H groups in total. The molecule has 0 spiro atoms. The van der Waals surface area contributed by atoms with Gasteiger partial charge >= 0.3 is 0 Å². The molecule has 3 heteroatoms. The molecule has 0 aromatic heterocycles. The molecule has 0 aromatic rings. The van der Waals surface area contributed by atoms with Gasteiger partial charge in [0.05, 0.1) is 0 Å². The molecule has 0 aromatic carbocycles. The number of nitrogens with zero attached hydrogens (tertiary/aromatic N) is 1. The van der Waals surface area contributed by atoms with Gasteiger partial charge in [-0.3, -0.25) is 4.99 Å². The SMILES string of the molecule is CCNC(=NCCC1CC1)NC1CCC(C)CC1. The van der Waals surface area contributed by atoms with Gasteiger partial charge in [0.25, 0.3) is 0 Å². The molecule has 3 nitrogen and oxygen atoms in total. The van der Waals surface area contributed by atoms with Crippen molar-refractivity contribution in [3.8, 4) is 0 Å². The van der Waals surface area contributed by atoms with Gasteiger partial charge in [0.2, 0.25) is 0 Å². The van der Waals surface area contributed by atoms with E-state index < -0.39 is 0 Å². The molecule has 2 fully saturated rings. The second kappa shape index (κ2) is 7.01. The maximum Gasteiger partial charge on any atom is 0.191 e. The zero-order chi connectivity index (χ0) is 12.8. The second-order valence-electron chi connectivity index (χ2n) is 6.09. The molecule has 104 valence electrons. The van der Waals surface area contributed by atoms with Crippen molar-refractivity contribution in [2.45, 2.75) is 64.8 Å². The summed E-state index contributed by atoms with van der Waals surface area (Å²) in [7, 11) is 0. The summed E-state index contributed by atoms with van der Waals surface area (Å²) in [4.78, 5) is 4.70. The molecule has 18 heavy (non-hydrogen) atoms. The van der Waals surface area contributed by atoms with E-state index in [-0.39, 0.29) is 0 Å². The Morgan fingerprint density at radius 3 is 2.44 bits per heavy atom. The van der Waals surface area contributed by atoms with Crippen molar-refractivity contribution in [3.05, 3.63) is 0 Å². The lowest BCUT2D eigenvalue weighted by Crippen LogP contribution is -2.44. The van der Waals surface area contributed by atoms with Crippen LogP contribution in [-0.2, 0) is 0 Å². The smallest absolute Gasteiger partial charge is 0.191 e. The Kier molecular flexibility index (Phi) is 5.33. The molecule has 2 aliphatic rings. The number of aliphatic imine (C=N–C) groups is 1. The van der Waals surface area contributed by atoms with Crippen LogP contribution in [0.15, 0.2) is 4.99 Å². The van der Waals surface area contributed by atoms with Gasteiger partial charge in [0.1, 0.15) is 0 Å². The van der Waals surface area contributed by atoms with Gasteiger partial charge in [-0.2, -0.15) is 0 Å². The Bertz CT molecular complexity index is 263. The average Bonchev–Trinajstić information content (AvgIpc) is 3.16. The van der Waals surface area contributed by atoms with E-state index in [0.717, 1.165) is 30.9 Å². The van der Waals surface area contributed by atoms with Crippen LogP contribution in [0, 0.1) is 11.8 Å². The number of guanidine groups is 1. The fourth-order valence-corrected chi connectivity index (χ4v) is 2.68. The van der Waals surface area contributed by atoms with E-state index in [1.807, 2.05) is 0 Å². The molecule has 0 heterocycles. The van der Waals surface area contributed by atoms with Gasteiger partial charge in [0, 0.05) is 19.1 Å². The van der Waals surface area contributed by atoms with E-state index >= 15 is 0 Å². The predicted molar refractivity (Wildman–Crippen MR) is 77.9 cm³/mol. The van der Waals surface area contributed by atoms with Gasteiger partial charge in [-0.25, -0.2) is 0 Å². The van der Waals surface area contributed by atoms with Crippen molar-refractivity contribution in [2.75, 3.05) is 13.1 Å². The van der Waals surface area contributed by atoms with Crippen molar-refractivity contribution < 1.29 is 0 Å². The lowest BCUT2D eigenvalue weighted by molar-refractivity contribution is 0.329. The lowest BCUT2D eigenvalue weighted by Gasteiger charge is -2.28. The number of hydrogen-bond acceptors (Lipinski definition) is 1. The first-order chi connectivity index (χ1) is 8.78. The first-order valence-electron chi connectivity index (χ1n) is 7.82. The van der Waals surface area contributed by atoms with Crippen LogP contribution in [0.4, 0.5) is 0 Å². The van der Waals surface area contributed by atoms with Gasteiger partial charge in [-0.15, -0.1) is 0 Å². The number of nitrogens with one attached hydrogen (secondary N) is 2. The third-order valence-corrected chi connectivity index (χ3v) is 4.21. The summed E-state index contributed by atoms with van der Waals surface area (Å²) in [5, 5.41) is 6.98. The summed E-state index contributed by atoms with van der Waals surface area (Å²) >= 11 is 0. The quantitative estimate of drug-likeness (QED) is 0.582. The molecule has 0 aliphatic heterocycles. The van der Waals surface area contributed by atoms with Crippen molar-refractivity contribution in [2.24, 2.45) is 16.8 Å². The Morgan fingerprint density at radius 2 is 1.83 bits per heavy atom. The van der Waals surface area contributed by atoms with Crippen molar-refractivity contribution in [3.63, 3.8) is 0 Å². The molecule has 2 aliphatic carbocycles. The van der Waals surface area contributed by atoms with Crippen LogP contribution in [0.25, 0.3) is 0 Å². The number of rotatable bonds is 5. The minimum atomic E-state index is 0.639. The molecular weight excluding hydrogens is 222 g/mol. The second-order valence-corrected chi connectivity index (χ2v) is 6.09. The summed E-state index contributed by atoms with van der Waals surface area (Å²) in [5.41, 5.74) is 0. The monoisotopic (exact) mass is 251 g/mol. The van der Waals surface area contributed by atoms with E-state index in [2.05, 4.69) is 24.5 Å². The van der Waals surface area contributed by atoms with Gasteiger partial charge in [0.15, 0.2) is 5.96 Å². The molecule has 0 saturated heterocycles. The van der Waals surface area contributed by atoms with Crippen molar-refractivity contribution >= 4 is 5.96 Å². The summed E-state index contributed by atoms with van der Waals surface area (Å²) in [6.07, 6.45) is 9.46. The summed E-state index contributed by atoms with van der Waals surface area (Å²) < 4.78 is 0. The third kappa shape index (κ3) is 4.87. The molecule has 0 unspecified atom stereocenters. The molecule has 2 rings (SSSR count). The molecular formula is C15H29N3. The van der Waals surface area contributed by atoms with Crippen LogP contribution < -0.4 is 10.6 Å². The van der Waals surface area contributed by atoms with Gasteiger partial charge < -0.3 is 10.6 Å². The fourth-order valence-electron chi connectivity index (χ4n) is 2.68. The zero-order valence-electron chi connectivity index (χ0n) is 12.0. The van der Waals surface area contributed by atoms with Crippen LogP contribution in [0.2, 0.25) is 0 Å². The molecule has 0 amide bonds. The standard InChI is InChI=1S/C15H29N3/c1-3-16-15(17-11-10-13-6-7-13)18-14-8-4-12(2)5-9-14/h12-14H,3-11H2,1-2H3,(H2,16,17,18). The highest BCUT2D eigenvalue weighted by molar-refractivity contribution is 5.80. The Labute approximate surface area is 112 Å². The Morgan fingerprint density at radius 1 is 1.11 bits per heavy atom. The number of hydrogen-bond donors (Lipinski definition) is 2. The highest BCUT2D eigenvalue weighted by atomic mass is 15.2. The maximum atomic E-state index is 4.70. The molecule has 0 radical (unpaired) electrons. The summed E-state index contributed by atoms with van der Waals surface area (Å²) in [6, 6.07) is 0.639. The summed E-state index contributed by atoms with van der Waals surface area (Å²) in [6.45, 7) is 6.45. The van der Waals surface area contributed by atoms with Crippen LogP contribution in [0.1, 0.15) is 58.8 Å². The fraction of sp³-hybridized carbons (Fsp3) is 0.933. The minimum absolute atomic E-state index is 0.639. The Hall–Kier alpha value is -0.730. The van der Waals surface area contributed by atoms with Crippen LogP contribution in [0.3, 0.4) is 0 Å². The van der Waals surface area contributed by atoms with Gasteiger partial charge in [-0.05, 0) is 50.9 Å². The zero-order valence-corrected chi connectivity index (χ0v) is 12.0. The molecule has 0 bridgehead atoms. The topological polar surface area (TPSA) is 36.4 Å². The van der Waals surface area contributed by atoms with E-state index in [4.69, 9.17) is 4.99 Å². The molecule has 0 atom stereocenters. The average molecular weight is 251 g/mol. The van der Waals surface area contributed by atoms with Crippen LogP contribution in [-0.4, -0.2) is 25.1 Å². The first kappa shape index (κ1) is 13.7. The van der Waals surface area contributed by atoms with Gasteiger partial charge in [-0.1, -0.05) is 19.8 Å². The normalized spacial score (nSPS) is 29.1. The van der Waals surface area contributed by atoms with Crippen LogP contribution in [0.5, 0.6) is 0 Å². The highest BCUT2D eigenvalue weighted by Gasteiger charge is 2.21. The third-order valence-electron chi connectivity index (χ3n) is 4.21. The minimum Gasteiger partial charge on any atom is -0.357 e. The maximum absolute atomic E-state index is 4.70. The van der Waals surface area contributed by atoms with E-state index in [0.29, 0.717) is 6.04 Å². The van der Waals surface area contributed by atoms with Crippen LogP contribution >= 0.6 is 0 Å². The highest BCUT2D eigenvalue weighted by Crippen LogP contribution is 2.32. The van der Waals surface area contributed by atoms with E-state index in [1.54, 1.807) is 0 Å². The summed E-state index contributed by atoms with van der Waals surface area (Å²) in [5.74, 6) is 2.93. The van der Waals surface area contributed by atoms with E-state index in [1.165, 1.54) is 44.9 Å². The Balaban J connectivity index is 1.73. The van der Waals surface area contributed by atoms with Crippen molar-refractivity contribution in [1.82, 2.24) is 10.6 Å². The predicted octanol–water partition coefficient (Wildman–Crippen LogP) is 2.92. The largest absolute Gasteiger partial charge is 0.357 e. The first-order valence-corrected chi connectivity index (χ1v) is 7.82. The van der Waals surface area contributed by atoms with Crippen molar-refractivity contribution in [1.29, 1.82) is 0 Å².